The second-order valence-corrected chi connectivity index (χ2v) is 5.35. The van der Waals surface area contributed by atoms with Crippen molar-refractivity contribution in [2.75, 3.05) is 0 Å². The molecular weight excluding hydrogens is 291 g/mol. The third-order valence-corrected chi connectivity index (χ3v) is 3.91. The monoisotopic (exact) mass is 310 g/mol. The van der Waals surface area contributed by atoms with E-state index < -0.39 is 23.3 Å². The first-order chi connectivity index (χ1) is 10.1. The molecule has 1 atom stereocenters. The first-order valence-electron chi connectivity index (χ1n) is 7.24. The van der Waals surface area contributed by atoms with Gasteiger partial charge in [0, 0.05) is 0 Å². The molecule has 0 spiro atoms. The molecule has 1 aromatic rings. The zero-order chi connectivity index (χ0) is 15.3. The number of aliphatic imine (C=N–C) groups is 1. The van der Waals surface area contributed by atoms with Crippen LogP contribution in [0, 0.1) is 5.41 Å². The van der Waals surface area contributed by atoms with E-state index in [2.05, 4.69) is 10.3 Å². The molecule has 3 amide bonds. The predicted molar refractivity (Wildman–Crippen MR) is 77.7 cm³/mol. The summed E-state index contributed by atoms with van der Waals surface area (Å²) in [6.07, 6.45) is 3.03. The number of rotatable bonds is 6. The minimum Gasteiger partial charge on any atom is -0.861 e. The Morgan fingerprint density at radius 1 is 1.18 bits per heavy atom. The summed E-state index contributed by atoms with van der Waals surface area (Å²) in [7, 11) is 0. The summed E-state index contributed by atoms with van der Waals surface area (Å²) in [4.78, 5) is 26.9. The van der Waals surface area contributed by atoms with E-state index in [0.29, 0.717) is 19.3 Å². The zero-order valence-corrected chi connectivity index (χ0v) is 15.1. The summed E-state index contributed by atoms with van der Waals surface area (Å²) < 4.78 is 0. The largest absolute Gasteiger partial charge is 1.00 e. The molecule has 6 heteroatoms. The number of benzene rings is 1. The fourth-order valence-corrected chi connectivity index (χ4v) is 2.59. The SMILES string of the molecule is CCCCC1(CCc2ccccc2)C(=O)NC(=O)N=C1[O-].[Na+]. The van der Waals surface area contributed by atoms with Gasteiger partial charge >= 0.3 is 35.6 Å². The van der Waals surface area contributed by atoms with Crippen LogP contribution in [0.1, 0.15) is 38.2 Å². The van der Waals surface area contributed by atoms with E-state index in [-0.39, 0.29) is 29.6 Å². The van der Waals surface area contributed by atoms with E-state index in [1.54, 1.807) is 0 Å². The Bertz CT molecular complexity index is 560. The molecule has 0 aromatic heterocycles. The zero-order valence-electron chi connectivity index (χ0n) is 13.1. The quantitative estimate of drug-likeness (QED) is 0.671. The number of nitrogens with one attached hydrogen (secondary N) is 1. The summed E-state index contributed by atoms with van der Waals surface area (Å²) in [6.45, 7) is 2.00. The standard InChI is InChI=1S/C16H20N2O3.Na/c1-2-3-10-16(11-9-12-7-5-4-6-8-12)13(19)17-15(21)18-14(16)20;/h4-8H,2-3,9-11H2,1H3,(H2,17,18,19,20,21);/q;+1/p-1. The molecule has 0 aliphatic carbocycles. The molecule has 1 aliphatic rings. The van der Waals surface area contributed by atoms with Gasteiger partial charge in [-0.2, -0.15) is 0 Å². The second kappa shape index (κ2) is 8.46. The van der Waals surface area contributed by atoms with Crippen LogP contribution in [-0.4, -0.2) is 17.8 Å². The molecule has 0 bridgehead atoms. The van der Waals surface area contributed by atoms with Gasteiger partial charge in [0.25, 0.3) is 0 Å². The molecule has 1 unspecified atom stereocenters. The molecule has 1 aromatic carbocycles. The van der Waals surface area contributed by atoms with Gasteiger partial charge < -0.3 is 5.11 Å². The van der Waals surface area contributed by atoms with Gasteiger partial charge in [-0.05, 0) is 30.7 Å². The minimum atomic E-state index is -1.19. The van der Waals surface area contributed by atoms with Gasteiger partial charge in [-0.25, -0.2) is 9.79 Å². The average molecular weight is 310 g/mol. The summed E-state index contributed by atoms with van der Waals surface area (Å²) in [5, 5.41) is 14.4. The smallest absolute Gasteiger partial charge is 0.861 e. The van der Waals surface area contributed by atoms with Crippen LogP contribution in [0.15, 0.2) is 35.3 Å². The van der Waals surface area contributed by atoms with Crippen LogP contribution < -0.4 is 40.0 Å². The van der Waals surface area contributed by atoms with Crippen molar-refractivity contribution >= 4 is 17.8 Å². The number of aryl methyl sites for hydroxylation is 1. The maximum atomic E-state index is 12.3. The Labute approximate surface area is 152 Å². The van der Waals surface area contributed by atoms with Crippen LogP contribution in [0.4, 0.5) is 4.79 Å². The third-order valence-electron chi connectivity index (χ3n) is 3.91. The van der Waals surface area contributed by atoms with Crippen molar-refractivity contribution in [3.63, 3.8) is 0 Å². The van der Waals surface area contributed by atoms with E-state index in [1.807, 2.05) is 37.3 Å². The fraction of sp³-hybridized carbons (Fsp3) is 0.438. The predicted octanol–water partition coefficient (Wildman–Crippen LogP) is -1.19. The van der Waals surface area contributed by atoms with Crippen molar-refractivity contribution in [1.82, 2.24) is 5.32 Å². The van der Waals surface area contributed by atoms with Crippen LogP contribution >= 0.6 is 0 Å². The molecule has 1 heterocycles. The van der Waals surface area contributed by atoms with Crippen molar-refractivity contribution in [2.24, 2.45) is 10.4 Å². The Balaban J connectivity index is 0.00000242. The number of imide groups is 1. The number of carbonyl (C=O) groups excluding carboxylic acids is 2. The van der Waals surface area contributed by atoms with Crippen LogP contribution in [0.25, 0.3) is 0 Å². The van der Waals surface area contributed by atoms with Crippen molar-refractivity contribution < 1.29 is 44.3 Å². The van der Waals surface area contributed by atoms with Crippen molar-refractivity contribution in [2.45, 2.75) is 39.0 Å². The molecule has 1 N–H and O–H groups in total. The molecule has 0 fully saturated rings. The van der Waals surface area contributed by atoms with Gasteiger partial charge in [-0.3, -0.25) is 10.1 Å². The Morgan fingerprint density at radius 2 is 1.86 bits per heavy atom. The van der Waals surface area contributed by atoms with Gasteiger partial charge in [0.15, 0.2) is 0 Å². The number of carbonyl (C=O) groups is 2. The van der Waals surface area contributed by atoms with E-state index >= 15 is 0 Å². The maximum absolute atomic E-state index is 12.3. The molecule has 2 rings (SSSR count). The molecule has 5 nitrogen and oxygen atoms in total. The van der Waals surface area contributed by atoms with Crippen LogP contribution in [0.3, 0.4) is 0 Å². The molecule has 0 saturated heterocycles. The topological polar surface area (TPSA) is 81.6 Å². The van der Waals surface area contributed by atoms with E-state index in [1.165, 1.54) is 0 Å². The fourth-order valence-electron chi connectivity index (χ4n) is 2.59. The van der Waals surface area contributed by atoms with Crippen molar-refractivity contribution in [3.05, 3.63) is 35.9 Å². The van der Waals surface area contributed by atoms with Crippen LogP contribution in [-0.2, 0) is 11.2 Å². The molecule has 0 saturated carbocycles. The minimum absolute atomic E-state index is 0. The Kier molecular flexibility index (Phi) is 7.26. The van der Waals surface area contributed by atoms with Gasteiger partial charge in [-0.15, -0.1) is 0 Å². The van der Waals surface area contributed by atoms with Gasteiger partial charge in [0.2, 0.25) is 5.91 Å². The Hall–Kier alpha value is -1.17. The van der Waals surface area contributed by atoms with Gasteiger partial charge in [0.05, 0.1) is 5.41 Å². The number of hydrogen-bond donors (Lipinski definition) is 1. The van der Waals surface area contributed by atoms with E-state index in [9.17, 15) is 14.7 Å². The normalized spacial score (nSPS) is 20.9. The maximum Gasteiger partial charge on any atom is 1.00 e. The van der Waals surface area contributed by atoms with Crippen molar-refractivity contribution in [3.8, 4) is 0 Å². The van der Waals surface area contributed by atoms with Gasteiger partial charge in [0.1, 0.15) is 0 Å². The van der Waals surface area contributed by atoms with E-state index in [4.69, 9.17) is 0 Å². The molecule has 0 radical (unpaired) electrons. The number of nitrogens with zero attached hydrogens (tertiary/aromatic N) is 1. The summed E-state index contributed by atoms with van der Waals surface area (Å²) in [5.74, 6) is -1.10. The first-order valence-corrected chi connectivity index (χ1v) is 7.24. The molecule has 112 valence electrons. The summed E-state index contributed by atoms with van der Waals surface area (Å²) >= 11 is 0. The van der Waals surface area contributed by atoms with E-state index in [0.717, 1.165) is 18.4 Å². The van der Waals surface area contributed by atoms with Gasteiger partial charge in [-0.1, -0.05) is 50.1 Å². The number of unbranched alkanes of at least 4 members (excludes halogenated alkanes) is 1. The molecular formula is C16H19N2NaO3. The second-order valence-electron chi connectivity index (χ2n) is 5.35. The van der Waals surface area contributed by atoms with Crippen LogP contribution in [0.2, 0.25) is 0 Å². The number of urea groups is 1. The number of amides is 3. The summed E-state index contributed by atoms with van der Waals surface area (Å²) in [6, 6.07) is 8.83. The Morgan fingerprint density at radius 3 is 2.45 bits per heavy atom. The molecule has 22 heavy (non-hydrogen) atoms. The average Bonchev–Trinajstić information content (AvgIpc) is 2.47. The van der Waals surface area contributed by atoms with Crippen molar-refractivity contribution in [1.29, 1.82) is 0 Å². The summed E-state index contributed by atoms with van der Waals surface area (Å²) in [5.41, 5.74) is -0.134. The third kappa shape index (κ3) is 4.18. The number of hydrogen-bond acceptors (Lipinski definition) is 3. The van der Waals surface area contributed by atoms with Crippen LogP contribution in [0.5, 0.6) is 0 Å². The first kappa shape index (κ1) is 18.9. The molecule has 1 aliphatic heterocycles.